The van der Waals surface area contributed by atoms with E-state index in [1.54, 1.807) is 18.2 Å². The van der Waals surface area contributed by atoms with E-state index in [9.17, 15) is 9.59 Å². The fourth-order valence-corrected chi connectivity index (χ4v) is 3.28. The molecule has 2 aromatic carbocycles. The van der Waals surface area contributed by atoms with Gasteiger partial charge in [0.15, 0.2) is 11.5 Å². The number of carboxylic acids is 1. The first-order chi connectivity index (χ1) is 12.6. The van der Waals surface area contributed by atoms with Crippen molar-refractivity contribution in [1.29, 1.82) is 0 Å². The summed E-state index contributed by atoms with van der Waals surface area (Å²) in [5.74, 6) is 0.645. The molecule has 1 amide bonds. The van der Waals surface area contributed by atoms with E-state index >= 15 is 0 Å². The summed E-state index contributed by atoms with van der Waals surface area (Å²) >= 11 is 0. The topological polar surface area (TPSA) is 84.9 Å². The average Bonchev–Trinajstić information content (AvgIpc) is 3.47. The molecule has 134 valence electrons. The zero-order valence-corrected chi connectivity index (χ0v) is 14.1. The lowest BCUT2D eigenvalue weighted by molar-refractivity contribution is -0.122. The van der Waals surface area contributed by atoms with Crippen LogP contribution in [0.3, 0.4) is 0 Å². The number of hydrogen-bond donors (Lipinski definition) is 2. The summed E-state index contributed by atoms with van der Waals surface area (Å²) in [6, 6.07) is 12.4. The maximum absolute atomic E-state index is 12.4. The van der Waals surface area contributed by atoms with Gasteiger partial charge in [-0.25, -0.2) is 4.79 Å². The number of aromatic carboxylic acids is 1. The lowest BCUT2D eigenvalue weighted by atomic mass is 10.1. The minimum absolute atomic E-state index is 0.00869. The van der Waals surface area contributed by atoms with Crippen molar-refractivity contribution in [2.75, 3.05) is 13.2 Å². The first-order valence-electron chi connectivity index (χ1n) is 8.61. The Balaban J connectivity index is 1.36. The Morgan fingerprint density at radius 3 is 2.69 bits per heavy atom. The molecule has 1 aliphatic heterocycles. The van der Waals surface area contributed by atoms with Crippen LogP contribution in [0.5, 0.6) is 11.5 Å². The summed E-state index contributed by atoms with van der Waals surface area (Å²) in [7, 11) is 0. The van der Waals surface area contributed by atoms with Crippen LogP contribution in [-0.2, 0) is 11.3 Å². The van der Waals surface area contributed by atoms with E-state index in [-0.39, 0.29) is 23.3 Å². The number of carbonyl (C=O) groups excluding carboxylic acids is 1. The SMILES string of the molecule is O=C(O)c1cccc(CNC(=O)[C@@H]2C[C@@H]2c2ccc3c(c2)OCCO3)c1. The van der Waals surface area contributed by atoms with Crippen LogP contribution in [0.4, 0.5) is 0 Å². The maximum atomic E-state index is 12.4. The Labute approximate surface area is 150 Å². The lowest BCUT2D eigenvalue weighted by Gasteiger charge is -2.18. The van der Waals surface area contributed by atoms with E-state index in [0.29, 0.717) is 19.8 Å². The van der Waals surface area contributed by atoms with E-state index in [2.05, 4.69) is 5.32 Å². The number of ether oxygens (including phenoxy) is 2. The van der Waals surface area contributed by atoms with Crippen LogP contribution in [0, 0.1) is 5.92 Å². The molecule has 0 bridgehead atoms. The van der Waals surface area contributed by atoms with Crippen molar-refractivity contribution in [2.45, 2.75) is 18.9 Å². The van der Waals surface area contributed by atoms with Crippen molar-refractivity contribution < 1.29 is 24.2 Å². The normalized spacial score (nSPS) is 20.3. The first-order valence-corrected chi connectivity index (χ1v) is 8.61. The Morgan fingerprint density at radius 1 is 1.08 bits per heavy atom. The van der Waals surface area contributed by atoms with E-state index in [0.717, 1.165) is 29.0 Å². The number of benzene rings is 2. The number of carboxylic acid groups (broad SMARTS) is 1. The van der Waals surface area contributed by atoms with E-state index < -0.39 is 5.97 Å². The van der Waals surface area contributed by atoms with E-state index in [1.807, 2.05) is 18.2 Å². The molecule has 1 fully saturated rings. The van der Waals surface area contributed by atoms with Crippen molar-refractivity contribution in [3.63, 3.8) is 0 Å². The molecule has 1 heterocycles. The summed E-state index contributed by atoms with van der Waals surface area (Å²) in [5.41, 5.74) is 2.08. The molecular formula is C20H19NO5. The molecule has 0 aromatic heterocycles. The lowest BCUT2D eigenvalue weighted by Crippen LogP contribution is -2.25. The predicted molar refractivity (Wildman–Crippen MR) is 93.5 cm³/mol. The van der Waals surface area contributed by atoms with E-state index in [4.69, 9.17) is 14.6 Å². The molecule has 0 spiro atoms. The molecular weight excluding hydrogens is 334 g/mol. The standard InChI is InChI=1S/C20H19NO5/c22-19(21-11-12-2-1-3-14(8-12)20(23)24)16-10-15(16)13-4-5-17-18(9-13)26-7-6-25-17/h1-5,8-9,15-16H,6-7,10-11H2,(H,21,22)(H,23,24)/t15-,16-/m1/s1. The monoisotopic (exact) mass is 353 g/mol. The number of nitrogens with one attached hydrogen (secondary N) is 1. The van der Waals surface area contributed by atoms with Gasteiger partial charge in [0.25, 0.3) is 0 Å². The fourth-order valence-electron chi connectivity index (χ4n) is 3.28. The third-order valence-corrected chi connectivity index (χ3v) is 4.76. The zero-order valence-electron chi connectivity index (χ0n) is 14.1. The van der Waals surface area contributed by atoms with Crippen LogP contribution >= 0.6 is 0 Å². The van der Waals surface area contributed by atoms with Crippen LogP contribution in [-0.4, -0.2) is 30.2 Å². The highest BCUT2D eigenvalue weighted by Crippen LogP contribution is 2.49. The van der Waals surface area contributed by atoms with Crippen molar-refractivity contribution in [3.8, 4) is 11.5 Å². The zero-order chi connectivity index (χ0) is 18.1. The largest absolute Gasteiger partial charge is 0.486 e. The second kappa shape index (κ2) is 6.71. The van der Waals surface area contributed by atoms with Crippen LogP contribution in [0.1, 0.15) is 33.8 Å². The van der Waals surface area contributed by atoms with Gasteiger partial charge in [-0.05, 0) is 47.7 Å². The summed E-state index contributed by atoms with van der Waals surface area (Å²) < 4.78 is 11.1. The Morgan fingerprint density at radius 2 is 1.88 bits per heavy atom. The number of carbonyl (C=O) groups is 2. The molecule has 26 heavy (non-hydrogen) atoms. The van der Waals surface area contributed by atoms with Gasteiger partial charge in [0, 0.05) is 12.5 Å². The first kappa shape index (κ1) is 16.4. The van der Waals surface area contributed by atoms with Gasteiger partial charge in [-0.15, -0.1) is 0 Å². The molecule has 1 saturated carbocycles. The van der Waals surface area contributed by atoms with Crippen molar-refractivity contribution in [2.24, 2.45) is 5.92 Å². The molecule has 0 saturated heterocycles. The van der Waals surface area contributed by atoms with Crippen LogP contribution < -0.4 is 14.8 Å². The number of fused-ring (bicyclic) bond motifs is 1. The summed E-state index contributed by atoms with van der Waals surface area (Å²) in [4.78, 5) is 23.4. The third-order valence-electron chi connectivity index (χ3n) is 4.76. The van der Waals surface area contributed by atoms with Crippen LogP contribution in [0.2, 0.25) is 0 Å². The molecule has 6 heteroatoms. The number of hydrogen-bond acceptors (Lipinski definition) is 4. The average molecular weight is 353 g/mol. The van der Waals surface area contributed by atoms with Crippen molar-refractivity contribution in [3.05, 3.63) is 59.2 Å². The molecule has 2 aliphatic rings. The van der Waals surface area contributed by atoms with Gasteiger partial charge in [0.1, 0.15) is 13.2 Å². The highest BCUT2D eigenvalue weighted by molar-refractivity contribution is 5.87. The van der Waals surface area contributed by atoms with Gasteiger partial charge in [-0.1, -0.05) is 18.2 Å². The third kappa shape index (κ3) is 3.35. The summed E-state index contributed by atoms with van der Waals surface area (Å²) in [5, 5.41) is 11.9. The van der Waals surface area contributed by atoms with Crippen LogP contribution in [0.15, 0.2) is 42.5 Å². The summed E-state index contributed by atoms with van der Waals surface area (Å²) in [6.07, 6.45) is 0.806. The molecule has 0 radical (unpaired) electrons. The molecule has 6 nitrogen and oxygen atoms in total. The fraction of sp³-hybridized carbons (Fsp3) is 0.300. The van der Waals surface area contributed by atoms with Crippen molar-refractivity contribution >= 4 is 11.9 Å². The number of rotatable bonds is 5. The van der Waals surface area contributed by atoms with Crippen molar-refractivity contribution in [1.82, 2.24) is 5.32 Å². The second-order valence-electron chi connectivity index (χ2n) is 6.58. The van der Waals surface area contributed by atoms with E-state index in [1.165, 1.54) is 6.07 Å². The molecule has 0 unspecified atom stereocenters. The molecule has 2 aromatic rings. The quantitative estimate of drug-likeness (QED) is 0.863. The highest BCUT2D eigenvalue weighted by Gasteiger charge is 2.44. The Bertz CT molecular complexity index is 863. The smallest absolute Gasteiger partial charge is 0.335 e. The molecule has 2 atom stereocenters. The summed E-state index contributed by atoms with van der Waals surface area (Å²) in [6.45, 7) is 1.43. The van der Waals surface area contributed by atoms with Gasteiger partial charge in [-0.3, -0.25) is 4.79 Å². The predicted octanol–water partition coefficient (Wildman–Crippen LogP) is 2.58. The van der Waals surface area contributed by atoms with Gasteiger partial charge < -0.3 is 19.9 Å². The maximum Gasteiger partial charge on any atom is 0.335 e. The Kier molecular flexibility index (Phi) is 4.24. The van der Waals surface area contributed by atoms with Gasteiger partial charge in [0.2, 0.25) is 5.91 Å². The van der Waals surface area contributed by atoms with Crippen LogP contribution in [0.25, 0.3) is 0 Å². The highest BCUT2D eigenvalue weighted by atomic mass is 16.6. The molecule has 4 rings (SSSR count). The number of amides is 1. The minimum Gasteiger partial charge on any atom is -0.486 e. The second-order valence-corrected chi connectivity index (χ2v) is 6.58. The van der Waals surface area contributed by atoms with Gasteiger partial charge in [0.05, 0.1) is 5.56 Å². The molecule has 1 aliphatic carbocycles. The minimum atomic E-state index is -0.973. The molecule has 2 N–H and O–H groups in total. The van der Waals surface area contributed by atoms with Gasteiger partial charge in [-0.2, -0.15) is 0 Å². The Hall–Kier alpha value is -3.02. The van der Waals surface area contributed by atoms with Gasteiger partial charge >= 0.3 is 5.97 Å².